The second-order valence-electron chi connectivity index (χ2n) is 5.01. The number of thiazole rings is 1. The smallest absolute Gasteiger partial charge is 0.298 e. The summed E-state index contributed by atoms with van der Waals surface area (Å²) >= 11 is 0.996. The van der Waals surface area contributed by atoms with Crippen LogP contribution in [0.3, 0.4) is 0 Å². The zero-order valence-electron chi connectivity index (χ0n) is 12.8. The number of alkyl halides is 6. The maximum atomic E-state index is 13.5. The fraction of sp³-hybridized carbons (Fsp3) is 0.143. The highest BCUT2D eigenvalue weighted by atomic mass is 32.1. The number of anilines is 1. The van der Waals surface area contributed by atoms with Crippen LogP contribution in [0.5, 0.6) is 0 Å². The van der Waals surface area contributed by atoms with Gasteiger partial charge in [0.15, 0.2) is 16.6 Å². The Hall–Kier alpha value is -2.96. The van der Waals surface area contributed by atoms with Crippen molar-refractivity contribution < 1.29 is 31.1 Å². The Labute approximate surface area is 150 Å². The van der Waals surface area contributed by atoms with Gasteiger partial charge in [-0.3, -0.25) is 10.1 Å². The summed E-state index contributed by atoms with van der Waals surface area (Å²) in [5.41, 5.74) is -3.42. The Morgan fingerprint density at radius 3 is 2.30 bits per heavy atom. The zero-order chi connectivity index (χ0) is 19.8. The Morgan fingerprint density at radius 2 is 1.78 bits per heavy atom. The molecule has 0 aliphatic carbocycles. The van der Waals surface area contributed by atoms with Crippen LogP contribution >= 0.6 is 11.3 Å². The van der Waals surface area contributed by atoms with Gasteiger partial charge in [-0.2, -0.15) is 31.4 Å². The minimum atomic E-state index is -5.02. The number of pyridine rings is 1. The molecular formula is C14H7F6N5OS. The van der Waals surface area contributed by atoms with E-state index in [-0.39, 0.29) is 9.81 Å². The van der Waals surface area contributed by atoms with Crippen LogP contribution in [0, 0.1) is 0 Å². The first-order chi connectivity index (χ1) is 12.6. The maximum absolute atomic E-state index is 13.5. The fourth-order valence-electron chi connectivity index (χ4n) is 2.09. The van der Waals surface area contributed by atoms with E-state index in [9.17, 15) is 31.1 Å². The number of carbonyl (C=O) groups excluding carboxylic acids is 1. The summed E-state index contributed by atoms with van der Waals surface area (Å²) in [5, 5.41) is 7.25. The molecule has 0 spiro atoms. The van der Waals surface area contributed by atoms with Gasteiger partial charge in [0.25, 0.3) is 5.91 Å². The van der Waals surface area contributed by atoms with E-state index in [1.807, 2.05) is 0 Å². The Morgan fingerprint density at radius 1 is 1.04 bits per heavy atom. The SMILES string of the molecule is O=C(Nc1nccs1)c1cnn(-c2ccc(C(F)(F)F)cn2)c1C(F)(F)F. The average molecular weight is 407 g/mol. The largest absolute Gasteiger partial charge is 0.434 e. The van der Waals surface area contributed by atoms with Crippen molar-refractivity contribution in [3.05, 3.63) is 52.9 Å². The van der Waals surface area contributed by atoms with Crippen LogP contribution in [0.15, 0.2) is 36.1 Å². The van der Waals surface area contributed by atoms with Gasteiger partial charge in [-0.1, -0.05) is 0 Å². The first-order valence-electron chi connectivity index (χ1n) is 6.97. The summed E-state index contributed by atoms with van der Waals surface area (Å²) in [6.07, 6.45) is -7.32. The number of hydrogen-bond donors (Lipinski definition) is 1. The predicted molar refractivity (Wildman–Crippen MR) is 81.4 cm³/mol. The number of nitrogens with zero attached hydrogens (tertiary/aromatic N) is 4. The minimum Gasteiger partial charge on any atom is -0.298 e. The zero-order valence-corrected chi connectivity index (χ0v) is 13.7. The number of hydrogen-bond acceptors (Lipinski definition) is 5. The van der Waals surface area contributed by atoms with Crippen LogP contribution in [0.1, 0.15) is 21.6 Å². The molecule has 0 radical (unpaired) electrons. The quantitative estimate of drug-likeness (QED) is 0.666. The lowest BCUT2D eigenvalue weighted by atomic mass is 10.2. The number of halogens is 6. The standard InChI is InChI=1S/C14H7F6N5OS/c15-13(16,17)7-1-2-9(22-5-7)25-10(14(18,19)20)8(6-23-25)11(26)24-12-21-3-4-27-12/h1-6H,(H,21,24,26). The molecule has 0 aliphatic heterocycles. The van der Waals surface area contributed by atoms with Gasteiger partial charge in [0.1, 0.15) is 0 Å². The van der Waals surface area contributed by atoms with E-state index in [0.717, 1.165) is 17.4 Å². The summed E-state index contributed by atoms with van der Waals surface area (Å²) in [5.74, 6) is -1.64. The molecule has 6 nitrogen and oxygen atoms in total. The molecule has 0 unspecified atom stereocenters. The van der Waals surface area contributed by atoms with Crippen LogP contribution in [-0.4, -0.2) is 25.7 Å². The molecule has 3 rings (SSSR count). The second-order valence-corrected chi connectivity index (χ2v) is 5.91. The van der Waals surface area contributed by atoms with Gasteiger partial charge >= 0.3 is 12.4 Å². The molecule has 0 saturated carbocycles. The Bertz CT molecular complexity index is 946. The van der Waals surface area contributed by atoms with Crippen LogP contribution in [0.4, 0.5) is 31.5 Å². The monoisotopic (exact) mass is 407 g/mol. The number of amides is 1. The van der Waals surface area contributed by atoms with Crippen molar-refractivity contribution in [3.8, 4) is 5.82 Å². The van der Waals surface area contributed by atoms with E-state index < -0.39 is 40.9 Å². The van der Waals surface area contributed by atoms with Crippen molar-refractivity contribution in [2.24, 2.45) is 0 Å². The van der Waals surface area contributed by atoms with Crippen molar-refractivity contribution in [2.45, 2.75) is 12.4 Å². The predicted octanol–water partition coefficient (Wildman–Crippen LogP) is 4.01. The third-order valence-corrected chi connectivity index (χ3v) is 3.92. The molecule has 13 heteroatoms. The molecular weight excluding hydrogens is 400 g/mol. The third-order valence-electron chi connectivity index (χ3n) is 3.23. The van der Waals surface area contributed by atoms with Gasteiger partial charge in [0.05, 0.1) is 17.3 Å². The van der Waals surface area contributed by atoms with Gasteiger partial charge in [-0.15, -0.1) is 11.3 Å². The molecule has 27 heavy (non-hydrogen) atoms. The molecule has 1 N–H and O–H groups in total. The molecule has 0 fully saturated rings. The van der Waals surface area contributed by atoms with Crippen molar-refractivity contribution in [2.75, 3.05) is 5.32 Å². The lowest BCUT2D eigenvalue weighted by Gasteiger charge is -2.12. The topological polar surface area (TPSA) is 72.7 Å². The first-order valence-corrected chi connectivity index (χ1v) is 7.85. The Balaban J connectivity index is 2.01. The van der Waals surface area contributed by atoms with E-state index in [4.69, 9.17) is 0 Å². The van der Waals surface area contributed by atoms with Crippen molar-refractivity contribution in [1.82, 2.24) is 19.7 Å². The summed E-state index contributed by atoms with van der Waals surface area (Å²) in [6, 6.07) is 1.30. The van der Waals surface area contributed by atoms with E-state index in [1.165, 1.54) is 11.6 Å². The third kappa shape index (κ3) is 3.92. The van der Waals surface area contributed by atoms with Gasteiger partial charge in [0, 0.05) is 17.8 Å². The van der Waals surface area contributed by atoms with Crippen LogP contribution in [0.25, 0.3) is 5.82 Å². The van der Waals surface area contributed by atoms with Gasteiger partial charge < -0.3 is 0 Å². The second kappa shape index (κ2) is 6.64. The molecule has 142 valence electrons. The lowest BCUT2D eigenvalue weighted by molar-refractivity contribution is -0.143. The molecule has 1 amide bonds. The molecule has 0 aliphatic rings. The van der Waals surface area contributed by atoms with Gasteiger partial charge in [-0.05, 0) is 12.1 Å². The molecule has 3 aromatic rings. The lowest BCUT2D eigenvalue weighted by Crippen LogP contribution is -2.21. The Kier molecular flexibility index (Phi) is 4.63. The van der Waals surface area contributed by atoms with Crippen molar-refractivity contribution in [1.29, 1.82) is 0 Å². The number of nitrogens with one attached hydrogen (secondary N) is 1. The molecule has 0 bridgehead atoms. The normalized spacial score (nSPS) is 12.2. The number of aromatic nitrogens is 4. The summed E-state index contributed by atoms with van der Waals surface area (Å²) < 4.78 is 78.4. The van der Waals surface area contributed by atoms with Gasteiger partial charge in [0.2, 0.25) is 0 Å². The number of carbonyl (C=O) groups is 1. The average Bonchev–Trinajstić information content (AvgIpc) is 3.22. The van der Waals surface area contributed by atoms with Crippen LogP contribution in [0.2, 0.25) is 0 Å². The maximum Gasteiger partial charge on any atom is 0.434 e. The molecule has 0 saturated heterocycles. The highest BCUT2D eigenvalue weighted by Gasteiger charge is 2.41. The van der Waals surface area contributed by atoms with Gasteiger partial charge in [-0.25, -0.2) is 14.6 Å². The fourth-order valence-corrected chi connectivity index (χ4v) is 2.61. The highest BCUT2D eigenvalue weighted by Crippen LogP contribution is 2.34. The van der Waals surface area contributed by atoms with Crippen molar-refractivity contribution >= 4 is 22.4 Å². The molecule has 3 heterocycles. The van der Waals surface area contributed by atoms with Crippen LogP contribution < -0.4 is 5.32 Å². The summed E-state index contributed by atoms with van der Waals surface area (Å²) in [4.78, 5) is 19.2. The van der Waals surface area contributed by atoms with E-state index in [1.54, 1.807) is 0 Å². The molecule has 0 aromatic carbocycles. The molecule has 0 atom stereocenters. The number of rotatable bonds is 3. The summed E-state index contributed by atoms with van der Waals surface area (Å²) in [6.45, 7) is 0. The highest BCUT2D eigenvalue weighted by molar-refractivity contribution is 7.13. The molecule has 3 aromatic heterocycles. The van der Waals surface area contributed by atoms with E-state index in [0.29, 0.717) is 18.5 Å². The van der Waals surface area contributed by atoms with E-state index in [2.05, 4.69) is 20.4 Å². The minimum absolute atomic E-state index is 0.0773. The van der Waals surface area contributed by atoms with Crippen molar-refractivity contribution in [3.63, 3.8) is 0 Å². The van der Waals surface area contributed by atoms with Crippen LogP contribution in [-0.2, 0) is 12.4 Å². The summed E-state index contributed by atoms with van der Waals surface area (Å²) in [7, 11) is 0. The van der Waals surface area contributed by atoms with E-state index >= 15 is 0 Å². The first kappa shape index (κ1) is 18.8.